The molecule has 4 N–H and O–H groups in total. The number of nitrogen functional groups attached to an aromatic ring is 1. The molecular formula is C25H30ClF3N8O4. The van der Waals surface area contributed by atoms with E-state index in [2.05, 4.69) is 25.6 Å². The lowest BCUT2D eigenvalue weighted by molar-refractivity contribution is -0.197. The van der Waals surface area contributed by atoms with E-state index in [9.17, 15) is 18.0 Å². The van der Waals surface area contributed by atoms with Crippen LogP contribution in [0.5, 0.6) is 0 Å². The van der Waals surface area contributed by atoms with Gasteiger partial charge in [-0.1, -0.05) is 11.6 Å². The van der Waals surface area contributed by atoms with Crippen LogP contribution in [0.1, 0.15) is 32.1 Å². The highest BCUT2D eigenvalue weighted by Crippen LogP contribution is 2.44. The molecule has 12 nitrogen and oxygen atoms in total. The second-order valence-electron chi connectivity index (χ2n) is 10.4. The average molecular weight is 599 g/mol. The van der Waals surface area contributed by atoms with E-state index in [1.54, 1.807) is 10.9 Å². The Bertz CT molecular complexity index is 1420. The molecule has 2 amide bonds. The second-order valence-corrected chi connectivity index (χ2v) is 10.8. The highest BCUT2D eigenvalue weighted by Gasteiger charge is 2.56. The number of benzene rings is 1. The number of aromatic nitrogens is 4. The van der Waals surface area contributed by atoms with Crippen LogP contribution in [0.15, 0.2) is 30.9 Å². The van der Waals surface area contributed by atoms with Crippen molar-refractivity contribution in [3.8, 4) is 0 Å². The van der Waals surface area contributed by atoms with Crippen LogP contribution < -0.4 is 16.4 Å². The molecule has 0 bridgehead atoms. The van der Waals surface area contributed by atoms with E-state index >= 15 is 0 Å². The lowest BCUT2D eigenvalue weighted by atomic mass is 10.1. The van der Waals surface area contributed by atoms with Gasteiger partial charge in [0.2, 0.25) is 0 Å². The number of amides is 2. The number of rotatable bonds is 8. The molecule has 0 aliphatic carbocycles. The fraction of sp³-hybridized carbons (Fsp3) is 0.520. The maximum Gasteiger partial charge on any atom is 0.417 e. The van der Waals surface area contributed by atoms with Crippen LogP contribution in [-0.4, -0.2) is 81.2 Å². The van der Waals surface area contributed by atoms with E-state index in [1.165, 1.54) is 12.4 Å². The lowest BCUT2D eigenvalue weighted by Gasteiger charge is -2.27. The largest absolute Gasteiger partial charge is 0.417 e. The molecule has 41 heavy (non-hydrogen) atoms. The van der Waals surface area contributed by atoms with Crippen LogP contribution in [0.3, 0.4) is 0 Å². The predicted octanol–water partition coefficient (Wildman–Crippen LogP) is 3.64. The minimum atomic E-state index is -4.63. The number of ether oxygens (including phenoxy) is 3. The Kier molecular flexibility index (Phi) is 8.00. The van der Waals surface area contributed by atoms with Crippen LogP contribution >= 0.6 is 11.6 Å². The molecule has 4 unspecified atom stereocenters. The van der Waals surface area contributed by atoms with E-state index in [0.717, 1.165) is 12.1 Å². The number of urea groups is 1. The Balaban J connectivity index is 1.14. The van der Waals surface area contributed by atoms with Gasteiger partial charge in [-0.3, -0.25) is 4.57 Å². The molecule has 0 spiro atoms. The third-order valence-corrected chi connectivity index (χ3v) is 7.14. The summed E-state index contributed by atoms with van der Waals surface area (Å²) in [6.07, 6.45) is -2.72. The van der Waals surface area contributed by atoms with E-state index in [4.69, 9.17) is 31.5 Å². The number of imidazole rings is 1. The van der Waals surface area contributed by atoms with E-state index in [-0.39, 0.29) is 23.7 Å². The van der Waals surface area contributed by atoms with Gasteiger partial charge in [-0.05, 0) is 52.1 Å². The Labute approximate surface area is 238 Å². The maximum atomic E-state index is 13.1. The Morgan fingerprint density at radius 2 is 1.98 bits per heavy atom. The van der Waals surface area contributed by atoms with E-state index in [1.807, 2.05) is 25.8 Å². The molecule has 2 aliphatic rings. The zero-order valence-electron chi connectivity index (χ0n) is 22.5. The van der Waals surface area contributed by atoms with E-state index < -0.39 is 40.9 Å². The normalized spacial score (nSPS) is 23.7. The first kappa shape index (κ1) is 29.3. The molecule has 4 heterocycles. The van der Waals surface area contributed by atoms with Crippen molar-refractivity contribution in [2.75, 3.05) is 37.7 Å². The number of carbonyl (C=O) groups excluding carboxylic acids is 1. The molecule has 3 aromatic rings. The smallest absolute Gasteiger partial charge is 0.382 e. The molecule has 4 atom stereocenters. The van der Waals surface area contributed by atoms with Gasteiger partial charge >= 0.3 is 12.2 Å². The minimum absolute atomic E-state index is 0.0136. The SMILES string of the molecule is CN(CCCNC(=O)Nc1ccc(Cl)c(C(F)(F)F)c1)CC1OC(n2cnc3c(N)ncnc32)C2OC(C)(C)OC12. The molecule has 5 rings (SSSR count). The molecule has 0 radical (unpaired) electrons. The third kappa shape index (κ3) is 6.33. The van der Waals surface area contributed by atoms with Gasteiger partial charge in [-0.2, -0.15) is 13.2 Å². The molecule has 2 fully saturated rings. The van der Waals surface area contributed by atoms with Crippen molar-refractivity contribution in [2.24, 2.45) is 0 Å². The number of carbonyl (C=O) groups is 1. The van der Waals surface area contributed by atoms with Crippen LogP contribution in [0.4, 0.5) is 29.5 Å². The van der Waals surface area contributed by atoms with Gasteiger partial charge < -0.3 is 35.5 Å². The van der Waals surface area contributed by atoms with Crippen molar-refractivity contribution < 1.29 is 32.2 Å². The van der Waals surface area contributed by atoms with Crippen LogP contribution in [-0.2, 0) is 20.4 Å². The summed E-state index contributed by atoms with van der Waals surface area (Å²) in [4.78, 5) is 26.9. The highest BCUT2D eigenvalue weighted by molar-refractivity contribution is 6.31. The van der Waals surface area contributed by atoms with Gasteiger partial charge in [0.1, 0.15) is 30.2 Å². The number of nitrogens with two attached hydrogens (primary N) is 1. The number of nitrogens with one attached hydrogen (secondary N) is 2. The first-order valence-electron chi connectivity index (χ1n) is 12.9. The van der Waals surface area contributed by atoms with Gasteiger partial charge in [0.25, 0.3) is 0 Å². The Morgan fingerprint density at radius 3 is 2.73 bits per heavy atom. The fourth-order valence-corrected chi connectivity index (χ4v) is 5.26. The predicted molar refractivity (Wildman–Crippen MR) is 143 cm³/mol. The van der Waals surface area contributed by atoms with Gasteiger partial charge in [0.15, 0.2) is 23.5 Å². The van der Waals surface area contributed by atoms with Gasteiger partial charge in [0.05, 0.1) is 16.9 Å². The average Bonchev–Trinajstić information content (AvgIpc) is 3.54. The van der Waals surface area contributed by atoms with Gasteiger partial charge in [-0.25, -0.2) is 19.7 Å². The van der Waals surface area contributed by atoms with Crippen molar-refractivity contribution in [2.45, 2.75) is 56.8 Å². The van der Waals surface area contributed by atoms with Crippen molar-refractivity contribution in [1.82, 2.24) is 29.7 Å². The molecule has 0 saturated carbocycles. The summed E-state index contributed by atoms with van der Waals surface area (Å²) in [5.74, 6) is -0.536. The number of hydrogen-bond donors (Lipinski definition) is 3. The lowest BCUT2D eigenvalue weighted by Crippen LogP contribution is -2.39. The zero-order valence-corrected chi connectivity index (χ0v) is 23.2. The summed E-state index contributed by atoms with van der Waals surface area (Å²) >= 11 is 5.63. The summed E-state index contributed by atoms with van der Waals surface area (Å²) in [5, 5.41) is 4.61. The highest BCUT2D eigenvalue weighted by atomic mass is 35.5. The summed E-state index contributed by atoms with van der Waals surface area (Å²) < 4.78 is 59.7. The molecule has 2 aliphatic heterocycles. The fourth-order valence-electron chi connectivity index (χ4n) is 5.03. The molecule has 222 valence electrons. The molecule has 2 saturated heterocycles. The Morgan fingerprint density at radius 1 is 1.22 bits per heavy atom. The van der Waals surface area contributed by atoms with Crippen molar-refractivity contribution in [1.29, 1.82) is 0 Å². The third-order valence-electron chi connectivity index (χ3n) is 6.81. The second kappa shape index (κ2) is 11.2. The van der Waals surface area contributed by atoms with Crippen LogP contribution in [0, 0.1) is 0 Å². The quantitative estimate of drug-likeness (QED) is 0.331. The first-order chi connectivity index (χ1) is 19.3. The molecular weight excluding hydrogens is 569 g/mol. The number of anilines is 2. The topological polar surface area (TPSA) is 142 Å². The molecule has 2 aromatic heterocycles. The van der Waals surface area contributed by atoms with Crippen LogP contribution in [0.2, 0.25) is 5.02 Å². The maximum absolute atomic E-state index is 13.1. The summed E-state index contributed by atoms with van der Waals surface area (Å²) in [6.45, 7) is 5.10. The number of nitrogens with zero attached hydrogens (tertiary/aromatic N) is 5. The first-order valence-corrected chi connectivity index (χ1v) is 13.2. The van der Waals surface area contributed by atoms with Gasteiger partial charge in [-0.15, -0.1) is 0 Å². The molecule has 1 aromatic carbocycles. The van der Waals surface area contributed by atoms with Gasteiger partial charge in [0, 0.05) is 18.8 Å². The Hall–Kier alpha value is -3.24. The monoisotopic (exact) mass is 598 g/mol. The van der Waals surface area contributed by atoms with E-state index in [0.29, 0.717) is 37.2 Å². The van der Waals surface area contributed by atoms with Crippen molar-refractivity contribution >= 4 is 40.3 Å². The number of hydrogen-bond acceptors (Lipinski definition) is 9. The molecule has 16 heteroatoms. The summed E-state index contributed by atoms with van der Waals surface area (Å²) in [7, 11) is 1.92. The van der Waals surface area contributed by atoms with Crippen molar-refractivity contribution in [3.63, 3.8) is 0 Å². The minimum Gasteiger partial charge on any atom is -0.382 e. The zero-order chi connectivity index (χ0) is 29.5. The van der Waals surface area contributed by atoms with Crippen molar-refractivity contribution in [3.05, 3.63) is 41.4 Å². The number of alkyl halides is 3. The standard InChI is InChI=1S/C25H30ClF3N8O4/c1-24(2)40-18-16(39-22(19(18)41-24)37-12-34-17-20(30)32-11-33-21(17)37)10-36(3)8-4-7-31-23(38)35-13-5-6-15(26)14(9-13)25(27,28)29/h5-6,9,11-12,16,18-19,22H,4,7-8,10H2,1-3H3,(H2,30,32,33)(H2,31,35,38). The summed E-state index contributed by atoms with van der Waals surface area (Å²) in [5.41, 5.74) is 5.92. The summed E-state index contributed by atoms with van der Waals surface area (Å²) in [6, 6.07) is 2.57. The number of fused-ring (bicyclic) bond motifs is 2. The number of likely N-dealkylation sites (N-methyl/N-ethyl adjacent to an activating group) is 1. The van der Waals surface area contributed by atoms with Crippen LogP contribution in [0.25, 0.3) is 11.2 Å². The number of halogens is 4.